The van der Waals surface area contributed by atoms with Crippen LogP contribution in [-0.4, -0.2) is 22.6 Å². The lowest BCUT2D eigenvalue weighted by molar-refractivity contribution is 0.747. The number of nitrogens with one attached hydrogen (secondary N) is 2. The van der Waals surface area contributed by atoms with Gasteiger partial charge in [0.15, 0.2) is 10.2 Å². The highest BCUT2D eigenvalue weighted by Gasteiger charge is 2.06. The van der Waals surface area contributed by atoms with Gasteiger partial charge in [0.1, 0.15) is 0 Å². The van der Waals surface area contributed by atoms with Gasteiger partial charge in [-0.05, 0) is 24.4 Å². The topological polar surface area (TPSA) is 90.2 Å². The van der Waals surface area contributed by atoms with E-state index in [2.05, 4.69) is 29.1 Å². The first kappa shape index (κ1) is 14.0. The van der Waals surface area contributed by atoms with Gasteiger partial charge in [-0.15, -0.1) is 0 Å². The number of thiocarbonyl (C=S) groups is 2. The summed E-state index contributed by atoms with van der Waals surface area (Å²) in [5.41, 5.74) is 11.0. The molecule has 7 heteroatoms. The van der Waals surface area contributed by atoms with E-state index in [9.17, 15) is 0 Å². The van der Waals surface area contributed by atoms with Gasteiger partial charge in [-0.2, -0.15) is 5.32 Å². The Morgan fingerprint density at radius 1 is 1.07 bits per heavy atom. The Bertz CT molecular complexity index is 240. The van der Waals surface area contributed by atoms with E-state index >= 15 is 0 Å². The van der Waals surface area contributed by atoms with Gasteiger partial charge in [-0.25, -0.2) is 0 Å². The van der Waals surface area contributed by atoms with Crippen LogP contribution >= 0.6 is 24.4 Å². The molecular weight excluding hydrogens is 230 g/mol. The lowest BCUT2D eigenvalue weighted by atomic mass is 10.5. The molecule has 0 saturated carbocycles. The van der Waals surface area contributed by atoms with Crippen molar-refractivity contribution in [3.63, 3.8) is 0 Å². The number of nitrogens with two attached hydrogens (primary N) is 2. The molecule has 0 aliphatic carbocycles. The van der Waals surface area contributed by atoms with Crippen molar-refractivity contribution in [1.29, 1.82) is 0 Å². The van der Waals surface area contributed by atoms with Crippen molar-refractivity contribution >= 4 is 34.7 Å². The van der Waals surface area contributed by atoms with Gasteiger partial charge in [0.25, 0.3) is 0 Å². The van der Waals surface area contributed by atoms with Crippen molar-refractivity contribution < 1.29 is 0 Å². The zero-order chi connectivity index (χ0) is 11.8. The Hall–Kier alpha value is -1.02. The maximum atomic E-state index is 5.50. The average Bonchev–Trinajstić information content (AvgIpc) is 2.16. The Kier molecular flexibility index (Phi) is 6.80. The van der Waals surface area contributed by atoms with Crippen LogP contribution in [0.1, 0.15) is 0 Å². The van der Waals surface area contributed by atoms with Crippen molar-refractivity contribution in [2.45, 2.75) is 12.3 Å². The summed E-state index contributed by atoms with van der Waals surface area (Å²) in [6, 6.07) is 0. The molecule has 0 rings (SSSR count). The minimum atomic E-state index is -0.447. The maximum absolute atomic E-state index is 5.50. The monoisotopic (exact) mass is 244 g/mol. The van der Waals surface area contributed by atoms with E-state index in [1.807, 2.05) is 0 Å². The van der Waals surface area contributed by atoms with Crippen LogP contribution in [0.2, 0.25) is 0 Å². The normalized spacial score (nSPS) is 13.2. The van der Waals surface area contributed by atoms with Crippen LogP contribution in [0.5, 0.6) is 0 Å². The van der Waals surface area contributed by atoms with Crippen molar-refractivity contribution in [2.24, 2.45) is 11.5 Å². The highest BCUT2D eigenvalue weighted by Crippen LogP contribution is 1.79. The van der Waals surface area contributed by atoms with Crippen LogP contribution in [0.3, 0.4) is 0 Å². The first-order valence-corrected chi connectivity index (χ1v) is 4.90. The van der Waals surface area contributed by atoms with E-state index in [0.29, 0.717) is 0 Å². The molecule has 15 heavy (non-hydrogen) atoms. The lowest BCUT2D eigenvalue weighted by Gasteiger charge is -2.14. The largest absolute Gasteiger partial charge is 0.342 e. The summed E-state index contributed by atoms with van der Waals surface area (Å²) < 4.78 is 0. The van der Waals surface area contributed by atoms with Gasteiger partial charge in [0.05, 0.1) is 12.3 Å². The van der Waals surface area contributed by atoms with Gasteiger partial charge in [-0.1, -0.05) is 25.3 Å². The highest BCUT2D eigenvalue weighted by molar-refractivity contribution is 7.81. The Morgan fingerprint density at radius 3 is 1.67 bits per heavy atom. The third-order valence-corrected chi connectivity index (χ3v) is 1.71. The molecule has 83 valence electrons. The molecule has 0 amide bonds. The van der Waals surface area contributed by atoms with Crippen LogP contribution < -0.4 is 27.4 Å². The van der Waals surface area contributed by atoms with Crippen molar-refractivity contribution in [3.05, 3.63) is 25.3 Å². The van der Waals surface area contributed by atoms with E-state index in [-0.39, 0.29) is 10.2 Å². The van der Waals surface area contributed by atoms with E-state index in [0.717, 1.165) is 0 Å². The molecule has 0 aliphatic heterocycles. The van der Waals surface area contributed by atoms with Gasteiger partial charge < -0.3 is 22.1 Å². The Labute approximate surface area is 100.0 Å². The van der Waals surface area contributed by atoms with Gasteiger partial charge in [0, 0.05) is 0 Å². The predicted molar refractivity (Wildman–Crippen MR) is 69.9 cm³/mol. The van der Waals surface area contributed by atoms with Crippen LogP contribution in [0.25, 0.3) is 0 Å². The molecule has 6 N–H and O–H groups in total. The van der Waals surface area contributed by atoms with Gasteiger partial charge >= 0.3 is 0 Å². The van der Waals surface area contributed by atoms with Crippen LogP contribution in [0, 0.1) is 0 Å². The molecule has 0 aromatic carbocycles. The van der Waals surface area contributed by atoms with Crippen LogP contribution in [0.4, 0.5) is 0 Å². The third kappa shape index (κ3) is 6.97. The minimum Gasteiger partial charge on any atom is -0.342 e. The number of hydrogen-bond acceptors (Lipinski definition) is 4. The molecule has 1 radical (unpaired) electrons. The van der Waals surface area contributed by atoms with E-state index in [1.165, 1.54) is 12.2 Å². The summed E-state index contributed by atoms with van der Waals surface area (Å²) in [4.78, 5) is 0. The molecule has 0 aliphatic rings. The molecule has 0 aromatic rings. The minimum absolute atomic E-state index is 0.177. The molecule has 5 nitrogen and oxygen atoms in total. The lowest BCUT2D eigenvalue weighted by Crippen LogP contribution is -2.49. The fraction of sp³-hybridized carbons (Fsp3) is 0.250. The molecule has 0 fully saturated rings. The Balaban J connectivity index is 3.91. The second kappa shape index (κ2) is 7.30. The number of rotatable bonds is 4. The zero-order valence-corrected chi connectivity index (χ0v) is 9.78. The summed E-state index contributed by atoms with van der Waals surface area (Å²) in [7, 11) is 0. The smallest absolute Gasteiger partial charge is 0.196 e. The molecule has 2 atom stereocenters. The molecule has 0 spiro atoms. The van der Waals surface area contributed by atoms with Gasteiger partial charge in [-0.3, -0.25) is 0 Å². The summed E-state index contributed by atoms with van der Waals surface area (Å²) in [5, 5.41) is 9.56. The summed E-state index contributed by atoms with van der Waals surface area (Å²) in [6.07, 6.45) is 2.09. The first-order chi connectivity index (χ1) is 6.99. The maximum Gasteiger partial charge on any atom is 0.196 e. The first-order valence-electron chi connectivity index (χ1n) is 4.08. The molecule has 0 bridgehead atoms. The summed E-state index contributed by atoms with van der Waals surface area (Å²) >= 11 is 9.72. The standard InChI is InChI=1S/C8H14N5S2/c1-3-5(9)11-7(14)13-8(15)12-6(10)4-2/h3-6H,1-2,9-10H2,(H,11,14)(H,12,15). The number of hydrogen-bond donors (Lipinski definition) is 4. The molecule has 0 aromatic heterocycles. The zero-order valence-electron chi connectivity index (χ0n) is 8.14. The van der Waals surface area contributed by atoms with E-state index in [4.69, 9.17) is 35.9 Å². The summed E-state index contributed by atoms with van der Waals surface area (Å²) in [5.74, 6) is 0. The van der Waals surface area contributed by atoms with E-state index in [1.54, 1.807) is 0 Å². The van der Waals surface area contributed by atoms with Crippen LogP contribution in [0.15, 0.2) is 25.3 Å². The molecular formula is C8H14N5S2. The van der Waals surface area contributed by atoms with Crippen molar-refractivity contribution in [2.75, 3.05) is 0 Å². The molecule has 0 saturated heterocycles. The van der Waals surface area contributed by atoms with Crippen molar-refractivity contribution in [3.8, 4) is 0 Å². The highest BCUT2D eigenvalue weighted by atomic mass is 32.1. The van der Waals surface area contributed by atoms with Crippen molar-refractivity contribution in [1.82, 2.24) is 16.0 Å². The average molecular weight is 244 g/mol. The Morgan fingerprint density at radius 2 is 1.40 bits per heavy atom. The van der Waals surface area contributed by atoms with Gasteiger partial charge in [0.2, 0.25) is 0 Å². The quantitative estimate of drug-likeness (QED) is 0.296. The predicted octanol–water partition coefficient (Wildman–Crippen LogP) is -0.719. The van der Waals surface area contributed by atoms with E-state index < -0.39 is 12.3 Å². The van der Waals surface area contributed by atoms with Crippen LogP contribution in [-0.2, 0) is 0 Å². The molecule has 2 unspecified atom stereocenters. The fourth-order valence-electron chi connectivity index (χ4n) is 0.560. The summed E-state index contributed by atoms with van der Waals surface area (Å²) in [6.45, 7) is 6.97. The SMILES string of the molecule is C=CC(N)NC(=S)[N]C(=S)NC(N)C=C. The molecule has 0 heterocycles. The second-order valence-corrected chi connectivity index (χ2v) is 3.31. The number of nitrogens with zero attached hydrogens (tertiary/aromatic N) is 1. The third-order valence-electron chi connectivity index (χ3n) is 1.29. The fourth-order valence-corrected chi connectivity index (χ4v) is 1.07. The second-order valence-electron chi connectivity index (χ2n) is 2.53.